The van der Waals surface area contributed by atoms with Crippen LogP contribution in [-0.2, 0) is 18.6 Å². The summed E-state index contributed by atoms with van der Waals surface area (Å²) < 4.78 is 7.68. The molecule has 0 radical (unpaired) electrons. The highest BCUT2D eigenvalue weighted by Gasteiger charge is 2.41. The van der Waals surface area contributed by atoms with E-state index in [1.165, 1.54) is 40.6 Å². The van der Waals surface area contributed by atoms with Crippen LogP contribution in [0, 0.1) is 6.92 Å². The normalized spacial score (nSPS) is 23.2. The molecule has 4 heteroatoms. The Kier molecular flexibility index (Phi) is 4.27. The number of rotatable bonds is 4. The number of ether oxygens (including phenoxy) is 1. The van der Waals surface area contributed by atoms with E-state index in [-0.39, 0.29) is 0 Å². The molecule has 2 aliphatic heterocycles. The summed E-state index contributed by atoms with van der Waals surface area (Å²) in [5.41, 5.74) is 5.41. The number of methoxy groups -OCH3 is 1. The van der Waals surface area contributed by atoms with Gasteiger partial charge in [-0.25, -0.2) is 0 Å². The minimum atomic E-state index is -0.959. The monoisotopic (exact) mass is 390 g/mol. The molecular formula is C25H30N2O2. The highest BCUT2D eigenvalue weighted by atomic mass is 16.5. The molecule has 1 aromatic heterocycles. The van der Waals surface area contributed by atoms with Crippen LogP contribution in [0.4, 0.5) is 0 Å². The molecule has 0 amide bonds. The molecule has 0 saturated carbocycles. The van der Waals surface area contributed by atoms with Crippen LogP contribution >= 0.6 is 0 Å². The fourth-order valence-electron chi connectivity index (χ4n) is 5.50. The summed E-state index contributed by atoms with van der Waals surface area (Å²) in [5.74, 6) is 0.809. The van der Waals surface area contributed by atoms with Crippen molar-refractivity contribution in [2.75, 3.05) is 14.2 Å². The minimum Gasteiger partial charge on any atom is -0.497 e. The Bertz CT molecular complexity index is 1060. The third-order valence-electron chi connectivity index (χ3n) is 7.15. The van der Waals surface area contributed by atoms with E-state index in [9.17, 15) is 5.11 Å². The van der Waals surface area contributed by atoms with E-state index < -0.39 is 5.60 Å². The molecule has 2 unspecified atom stereocenters. The van der Waals surface area contributed by atoms with E-state index in [0.717, 1.165) is 17.7 Å². The van der Waals surface area contributed by atoms with Gasteiger partial charge in [0.05, 0.1) is 13.7 Å². The number of hydrogen-bond acceptors (Lipinski definition) is 3. The third kappa shape index (κ3) is 2.89. The molecule has 1 N–H and O–H groups in total. The third-order valence-corrected chi connectivity index (χ3v) is 7.15. The van der Waals surface area contributed by atoms with Gasteiger partial charge in [-0.05, 0) is 69.1 Å². The molecule has 1 saturated heterocycles. The smallest absolute Gasteiger partial charge is 0.118 e. The fourth-order valence-corrected chi connectivity index (χ4v) is 5.50. The standard InChI is InChI=1S/C25H30N2O2/c1-16-5-11-21-20(13-16)24-22-12-8-18(26(22)3)14-23(24)27(21)15-25(2,28)17-6-9-19(29-4)10-7-17/h5-7,9-11,13,18,22,28H,8,12,14-15H2,1-4H3/t18?,22?,25-/m1/s1. The van der Waals surface area contributed by atoms with Crippen LogP contribution in [0.15, 0.2) is 42.5 Å². The Morgan fingerprint density at radius 3 is 2.62 bits per heavy atom. The average Bonchev–Trinajstić information content (AvgIpc) is 3.11. The second-order valence-corrected chi connectivity index (χ2v) is 9.09. The molecule has 2 aromatic carbocycles. The van der Waals surface area contributed by atoms with E-state index >= 15 is 0 Å². The Hall–Kier alpha value is -2.30. The second-order valence-electron chi connectivity index (χ2n) is 9.09. The molecule has 5 rings (SSSR count). The maximum absolute atomic E-state index is 11.5. The van der Waals surface area contributed by atoms with Crippen molar-refractivity contribution in [3.8, 4) is 5.75 Å². The molecule has 3 heterocycles. The van der Waals surface area contributed by atoms with E-state index in [4.69, 9.17) is 4.74 Å². The highest BCUT2D eigenvalue weighted by molar-refractivity contribution is 5.87. The zero-order valence-corrected chi connectivity index (χ0v) is 17.8. The summed E-state index contributed by atoms with van der Waals surface area (Å²) in [6.45, 7) is 4.64. The van der Waals surface area contributed by atoms with Gasteiger partial charge in [0.25, 0.3) is 0 Å². The maximum atomic E-state index is 11.5. The highest BCUT2D eigenvalue weighted by Crippen LogP contribution is 2.47. The molecule has 4 nitrogen and oxygen atoms in total. The van der Waals surface area contributed by atoms with Crippen molar-refractivity contribution in [1.29, 1.82) is 0 Å². The predicted octanol–water partition coefficient (Wildman–Crippen LogP) is 4.56. The largest absolute Gasteiger partial charge is 0.497 e. The Labute approximate surface area is 172 Å². The van der Waals surface area contributed by atoms with Crippen LogP contribution in [0.5, 0.6) is 5.75 Å². The number of hydrogen-bond donors (Lipinski definition) is 1. The molecule has 2 bridgehead atoms. The predicted molar refractivity (Wildman–Crippen MR) is 116 cm³/mol. The lowest BCUT2D eigenvalue weighted by atomic mass is 9.95. The number of fused-ring (bicyclic) bond motifs is 6. The second kappa shape index (κ2) is 6.61. The van der Waals surface area contributed by atoms with Crippen LogP contribution in [-0.4, -0.2) is 34.8 Å². The van der Waals surface area contributed by atoms with E-state index in [0.29, 0.717) is 18.6 Å². The van der Waals surface area contributed by atoms with Gasteiger partial charge in [-0.1, -0.05) is 23.8 Å². The van der Waals surface area contributed by atoms with Crippen LogP contribution in [0.2, 0.25) is 0 Å². The van der Waals surface area contributed by atoms with Crippen molar-refractivity contribution in [2.24, 2.45) is 0 Å². The molecule has 152 valence electrons. The van der Waals surface area contributed by atoms with Crippen molar-refractivity contribution < 1.29 is 9.84 Å². The SMILES string of the molecule is COc1ccc([C@](C)(O)Cn2c3c(c4cc(C)ccc42)C2CCC(C3)N2C)cc1. The van der Waals surface area contributed by atoms with Crippen molar-refractivity contribution in [1.82, 2.24) is 9.47 Å². The first-order valence-corrected chi connectivity index (χ1v) is 10.6. The van der Waals surface area contributed by atoms with Crippen molar-refractivity contribution in [2.45, 2.75) is 57.3 Å². The zero-order chi connectivity index (χ0) is 20.3. The van der Waals surface area contributed by atoms with E-state index in [1.807, 2.05) is 31.2 Å². The molecule has 0 spiro atoms. The number of aryl methyl sites for hydroxylation is 1. The topological polar surface area (TPSA) is 37.6 Å². The lowest BCUT2D eigenvalue weighted by Gasteiger charge is -2.33. The first-order valence-electron chi connectivity index (χ1n) is 10.6. The summed E-state index contributed by atoms with van der Waals surface area (Å²) in [6, 6.07) is 15.7. The van der Waals surface area contributed by atoms with Gasteiger partial charge in [-0.3, -0.25) is 4.90 Å². The number of likely N-dealkylation sites (N-methyl/N-ethyl adjacent to an activating group) is 1. The van der Waals surface area contributed by atoms with Crippen LogP contribution in [0.25, 0.3) is 10.9 Å². The number of aliphatic hydroxyl groups is 1. The van der Waals surface area contributed by atoms with Crippen LogP contribution < -0.4 is 4.74 Å². The Balaban J connectivity index is 1.63. The first-order chi connectivity index (χ1) is 13.9. The van der Waals surface area contributed by atoms with Crippen molar-refractivity contribution in [3.05, 3.63) is 64.8 Å². The summed E-state index contributed by atoms with van der Waals surface area (Å²) in [6.07, 6.45) is 3.56. The van der Waals surface area contributed by atoms with Gasteiger partial charge in [-0.15, -0.1) is 0 Å². The maximum Gasteiger partial charge on any atom is 0.118 e. The molecule has 3 atom stereocenters. The summed E-state index contributed by atoms with van der Waals surface area (Å²) in [7, 11) is 3.94. The van der Waals surface area contributed by atoms with Gasteiger partial charge < -0.3 is 14.4 Å². The van der Waals surface area contributed by atoms with E-state index in [1.54, 1.807) is 7.11 Å². The van der Waals surface area contributed by atoms with Gasteiger partial charge in [0.15, 0.2) is 0 Å². The zero-order valence-electron chi connectivity index (χ0n) is 17.8. The number of aromatic nitrogens is 1. The quantitative estimate of drug-likeness (QED) is 0.710. The van der Waals surface area contributed by atoms with E-state index in [2.05, 4.69) is 41.6 Å². The lowest BCUT2D eigenvalue weighted by molar-refractivity contribution is 0.0381. The lowest BCUT2D eigenvalue weighted by Crippen LogP contribution is -2.36. The van der Waals surface area contributed by atoms with Crippen LogP contribution in [0.1, 0.15) is 48.2 Å². The molecule has 0 aliphatic carbocycles. The van der Waals surface area contributed by atoms with Crippen LogP contribution in [0.3, 0.4) is 0 Å². The number of nitrogens with zero attached hydrogens (tertiary/aromatic N) is 2. The van der Waals surface area contributed by atoms with Gasteiger partial charge in [0.2, 0.25) is 0 Å². The Morgan fingerprint density at radius 2 is 1.90 bits per heavy atom. The van der Waals surface area contributed by atoms with Gasteiger partial charge in [0.1, 0.15) is 11.4 Å². The van der Waals surface area contributed by atoms with Gasteiger partial charge >= 0.3 is 0 Å². The van der Waals surface area contributed by atoms with Crippen molar-refractivity contribution in [3.63, 3.8) is 0 Å². The molecular weight excluding hydrogens is 360 g/mol. The van der Waals surface area contributed by atoms with Gasteiger partial charge in [0, 0.05) is 35.1 Å². The van der Waals surface area contributed by atoms with Gasteiger partial charge in [-0.2, -0.15) is 0 Å². The molecule has 1 fully saturated rings. The summed E-state index contributed by atoms with van der Waals surface area (Å²) >= 11 is 0. The van der Waals surface area contributed by atoms with Crippen molar-refractivity contribution >= 4 is 10.9 Å². The summed E-state index contributed by atoms with van der Waals surface area (Å²) in [4.78, 5) is 2.57. The molecule has 2 aliphatic rings. The molecule has 3 aromatic rings. The number of benzene rings is 2. The first kappa shape index (κ1) is 18.7. The molecule has 29 heavy (non-hydrogen) atoms. The Morgan fingerprint density at radius 1 is 1.14 bits per heavy atom. The minimum absolute atomic E-state index is 0.500. The fraction of sp³-hybridized carbons (Fsp3) is 0.440. The average molecular weight is 391 g/mol. The summed E-state index contributed by atoms with van der Waals surface area (Å²) in [5, 5.41) is 12.8.